The summed E-state index contributed by atoms with van der Waals surface area (Å²) in [6, 6.07) is 0. The Bertz CT molecular complexity index is 1520. The molecule has 8 unspecified atom stereocenters. The fourth-order valence-corrected chi connectivity index (χ4v) is 13.3. The number of carboxylic acid groups (broad SMARTS) is 1. The van der Waals surface area contributed by atoms with Crippen molar-refractivity contribution in [2.75, 3.05) is 13.2 Å². The summed E-state index contributed by atoms with van der Waals surface area (Å²) < 4.78 is 23.9. The number of fused-ring (bicyclic) bond motifs is 7. The summed E-state index contributed by atoms with van der Waals surface area (Å²) in [5, 5.41) is 85.3. The van der Waals surface area contributed by atoms with Gasteiger partial charge in [0.1, 0.15) is 54.4 Å². The lowest BCUT2D eigenvalue weighted by atomic mass is 9.33. The minimum atomic E-state index is -1.76. The maximum Gasteiger partial charge on any atom is 0.312 e. The van der Waals surface area contributed by atoms with Crippen LogP contribution in [0.2, 0.25) is 0 Å². The van der Waals surface area contributed by atoms with Crippen molar-refractivity contribution in [1.82, 2.24) is 0 Å². The first-order valence-electron chi connectivity index (χ1n) is 20.3. The van der Waals surface area contributed by atoms with Crippen LogP contribution in [0.4, 0.5) is 0 Å². The van der Waals surface area contributed by atoms with Crippen molar-refractivity contribution in [2.24, 2.45) is 50.2 Å². The van der Waals surface area contributed by atoms with Gasteiger partial charge in [0.15, 0.2) is 12.6 Å². The fourth-order valence-electron chi connectivity index (χ4n) is 13.3. The number of aldehydes is 1. The standard InChI is InChI=1S/C41H64O14/c1-36(2)13-14-41(35(50)51)21(15-36)20-7-8-25-37(3)11-10-27(38(4,19-43)24(37)9-12-39(25,5)40(20,6)16-26(41)45)54-34-32(28(46)22(44)18-52-34)55-33-31(49)30(48)29(47)23(17-42)53-33/h7,19,21-34,42,44-49H,8-18H2,1-6H3,(H,50,51)/t21?,22-,23?,24-,25?,26-,27+,28+,29+,30?,31+,32?,33+,34+,37?,38?,39+,40-,41?/m1/s1. The molecule has 6 fully saturated rings. The zero-order chi connectivity index (χ0) is 40.3. The second kappa shape index (κ2) is 14.0. The number of carbonyl (C=O) groups is 2. The van der Waals surface area contributed by atoms with Crippen molar-refractivity contribution >= 4 is 12.3 Å². The Morgan fingerprint density at radius 2 is 1.56 bits per heavy atom. The average molecular weight is 781 g/mol. The van der Waals surface area contributed by atoms with E-state index in [1.165, 1.54) is 5.57 Å². The second-order valence-corrected chi connectivity index (χ2v) is 20.0. The number of carboxylic acids is 1. The van der Waals surface area contributed by atoms with Crippen LogP contribution in [0.15, 0.2) is 11.6 Å². The molecule has 2 aliphatic heterocycles. The lowest BCUT2D eigenvalue weighted by Gasteiger charge is -2.71. The third-order valence-electron chi connectivity index (χ3n) is 16.9. The van der Waals surface area contributed by atoms with Crippen LogP contribution in [0, 0.1) is 50.2 Å². The van der Waals surface area contributed by atoms with Gasteiger partial charge in [0.05, 0.1) is 30.8 Å². The number of hydrogen-bond acceptors (Lipinski definition) is 13. The number of aliphatic hydroxyl groups excluding tert-OH is 7. The molecule has 0 amide bonds. The van der Waals surface area contributed by atoms with Gasteiger partial charge in [0.2, 0.25) is 0 Å². The Kier molecular flexibility index (Phi) is 10.6. The maximum atomic E-state index is 13.4. The fraction of sp³-hybridized carbons (Fsp3) is 0.902. The summed E-state index contributed by atoms with van der Waals surface area (Å²) in [7, 11) is 0. The summed E-state index contributed by atoms with van der Waals surface area (Å²) >= 11 is 0. The molecule has 2 heterocycles. The van der Waals surface area contributed by atoms with Gasteiger partial charge in [-0.3, -0.25) is 4.79 Å². The summed E-state index contributed by atoms with van der Waals surface area (Å²) in [6.45, 7) is 12.2. The van der Waals surface area contributed by atoms with E-state index in [4.69, 9.17) is 18.9 Å². The van der Waals surface area contributed by atoms with Gasteiger partial charge in [-0.15, -0.1) is 0 Å². The third kappa shape index (κ3) is 5.97. The molecular formula is C41H64O14. The van der Waals surface area contributed by atoms with Crippen molar-refractivity contribution in [3.05, 3.63) is 11.6 Å². The highest BCUT2D eigenvalue weighted by Crippen LogP contribution is 2.75. The highest BCUT2D eigenvalue weighted by molar-refractivity contribution is 5.77. The number of hydrogen-bond donors (Lipinski definition) is 8. The molecular weight excluding hydrogens is 716 g/mol. The third-order valence-corrected chi connectivity index (χ3v) is 16.9. The number of aliphatic hydroxyl groups is 7. The normalized spacial score (nSPS) is 54.8. The highest BCUT2D eigenvalue weighted by Gasteiger charge is 2.72. The van der Waals surface area contributed by atoms with Gasteiger partial charge in [-0.05, 0) is 97.2 Å². The summed E-state index contributed by atoms with van der Waals surface area (Å²) in [5.41, 5.74) is -2.16. The van der Waals surface area contributed by atoms with E-state index in [9.17, 15) is 50.4 Å². The summed E-state index contributed by atoms with van der Waals surface area (Å²) in [5.74, 6) is -1.18. The second-order valence-electron chi connectivity index (χ2n) is 20.0. The predicted octanol–water partition coefficient (Wildman–Crippen LogP) is 1.67. The first-order chi connectivity index (χ1) is 25.6. The van der Waals surface area contributed by atoms with Crippen molar-refractivity contribution in [1.29, 1.82) is 0 Å². The van der Waals surface area contributed by atoms with Crippen LogP contribution in [0.5, 0.6) is 0 Å². The van der Waals surface area contributed by atoms with E-state index in [-0.39, 0.29) is 40.6 Å². The molecule has 0 radical (unpaired) electrons. The molecule has 7 aliphatic rings. The smallest absolute Gasteiger partial charge is 0.312 e. The molecule has 0 spiro atoms. The van der Waals surface area contributed by atoms with Gasteiger partial charge in [0.25, 0.3) is 0 Å². The molecule has 312 valence electrons. The molecule has 4 saturated carbocycles. The van der Waals surface area contributed by atoms with Crippen molar-refractivity contribution in [3.8, 4) is 0 Å². The van der Waals surface area contributed by atoms with Crippen LogP contribution in [0.25, 0.3) is 0 Å². The van der Waals surface area contributed by atoms with Crippen LogP contribution in [-0.4, -0.2) is 134 Å². The van der Waals surface area contributed by atoms with E-state index in [0.717, 1.165) is 25.5 Å². The molecule has 19 atom stereocenters. The quantitative estimate of drug-likeness (QED) is 0.104. The zero-order valence-corrected chi connectivity index (χ0v) is 33.0. The molecule has 0 bridgehead atoms. The average Bonchev–Trinajstić information content (AvgIpc) is 3.12. The Balaban J connectivity index is 1.16. The molecule has 0 aromatic rings. The lowest BCUT2D eigenvalue weighted by molar-refractivity contribution is -0.366. The number of carbonyl (C=O) groups excluding carboxylic acids is 1. The van der Waals surface area contributed by atoms with E-state index in [1.807, 2.05) is 6.92 Å². The first kappa shape index (κ1) is 41.6. The van der Waals surface area contributed by atoms with Crippen molar-refractivity contribution in [3.63, 3.8) is 0 Å². The lowest BCUT2D eigenvalue weighted by Crippen LogP contribution is -2.68. The van der Waals surface area contributed by atoms with E-state index >= 15 is 0 Å². The van der Waals surface area contributed by atoms with Gasteiger partial charge in [-0.1, -0.05) is 53.2 Å². The van der Waals surface area contributed by atoms with Crippen LogP contribution in [0.1, 0.15) is 99.3 Å². The SMILES string of the molecule is CC1(C)CCC2(C(=O)O)C(C1)C1=CCC3C4(C)CC[C@H](O[C@@H]5OC[C@@H](O)[C@H](O)C5O[C@@H]5OC(CO)[C@H](O)C(O)[C@@H]5O)C(C)(C=O)[C@@H]4CC[C@]3(C)[C@]1(C)C[C@H]2O. The predicted molar refractivity (Wildman–Crippen MR) is 194 cm³/mol. The number of aliphatic carboxylic acids is 1. The van der Waals surface area contributed by atoms with Gasteiger partial charge in [-0.2, -0.15) is 0 Å². The topological polar surface area (TPSA) is 233 Å². The van der Waals surface area contributed by atoms with E-state index in [0.29, 0.717) is 38.5 Å². The van der Waals surface area contributed by atoms with Crippen LogP contribution >= 0.6 is 0 Å². The molecule has 2 saturated heterocycles. The van der Waals surface area contributed by atoms with Crippen molar-refractivity contribution < 1.29 is 69.4 Å². The van der Waals surface area contributed by atoms with E-state index in [1.54, 1.807) is 0 Å². The Morgan fingerprint density at radius 3 is 2.22 bits per heavy atom. The molecule has 7 rings (SSSR count). The van der Waals surface area contributed by atoms with Gasteiger partial charge in [0, 0.05) is 0 Å². The van der Waals surface area contributed by atoms with Crippen molar-refractivity contribution in [2.45, 2.75) is 167 Å². The van der Waals surface area contributed by atoms with Crippen LogP contribution in [-0.2, 0) is 28.5 Å². The Labute approximate surface area is 323 Å². The van der Waals surface area contributed by atoms with Crippen LogP contribution < -0.4 is 0 Å². The summed E-state index contributed by atoms with van der Waals surface area (Å²) in [4.78, 5) is 26.5. The van der Waals surface area contributed by atoms with Crippen LogP contribution in [0.3, 0.4) is 0 Å². The molecule has 0 aromatic heterocycles. The zero-order valence-electron chi connectivity index (χ0n) is 33.0. The minimum Gasteiger partial charge on any atom is -0.481 e. The molecule has 14 nitrogen and oxygen atoms in total. The van der Waals surface area contributed by atoms with Gasteiger partial charge >= 0.3 is 5.97 Å². The largest absolute Gasteiger partial charge is 0.481 e. The van der Waals surface area contributed by atoms with Gasteiger partial charge in [-0.25, -0.2) is 0 Å². The number of rotatable bonds is 7. The highest BCUT2D eigenvalue weighted by atomic mass is 16.8. The monoisotopic (exact) mass is 780 g/mol. The minimum absolute atomic E-state index is 0.0525. The Hall–Kier alpha value is -1.56. The van der Waals surface area contributed by atoms with E-state index < -0.39 is 96.3 Å². The Morgan fingerprint density at radius 1 is 0.855 bits per heavy atom. The van der Waals surface area contributed by atoms with Gasteiger partial charge < -0.3 is 64.6 Å². The molecule has 8 N–H and O–H groups in total. The summed E-state index contributed by atoms with van der Waals surface area (Å²) in [6.07, 6.45) is -6.51. The maximum absolute atomic E-state index is 13.4. The molecule has 0 aromatic carbocycles. The number of ether oxygens (including phenoxy) is 4. The number of allylic oxidation sites excluding steroid dienone is 2. The first-order valence-corrected chi connectivity index (χ1v) is 20.3. The molecule has 55 heavy (non-hydrogen) atoms. The molecule has 14 heteroatoms. The molecule has 5 aliphatic carbocycles. The van der Waals surface area contributed by atoms with E-state index in [2.05, 4.69) is 40.7 Å².